The number of benzene rings is 1. The first-order valence-electron chi connectivity index (χ1n) is 8.94. The number of sulfone groups is 1. The van der Waals surface area contributed by atoms with Crippen LogP contribution in [0.2, 0.25) is 0 Å². The zero-order valence-electron chi connectivity index (χ0n) is 15.6. The molecule has 27 heavy (non-hydrogen) atoms. The number of rotatable bonds is 9. The summed E-state index contributed by atoms with van der Waals surface area (Å²) in [6.07, 6.45) is 1.26. The smallest absolute Gasteiger partial charge is 0.223 e. The van der Waals surface area contributed by atoms with Crippen molar-refractivity contribution in [3.05, 3.63) is 22.2 Å². The lowest BCUT2D eigenvalue weighted by atomic mass is 10.2. The summed E-state index contributed by atoms with van der Waals surface area (Å²) in [5, 5.41) is 2.70. The average molecular weight is 461 g/mol. The van der Waals surface area contributed by atoms with Gasteiger partial charge in [-0.15, -0.1) is 0 Å². The van der Waals surface area contributed by atoms with E-state index >= 15 is 0 Å². The highest BCUT2D eigenvalue weighted by atomic mass is 79.9. The van der Waals surface area contributed by atoms with Gasteiger partial charge in [-0.25, -0.2) is 8.42 Å². The molecule has 1 heterocycles. The van der Waals surface area contributed by atoms with E-state index in [2.05, 4.69) is 21.2 Å². The van der Waals surface area contributed by atoms with Gasteiger partial charge in [0.15, 0.2) is 9.84 Å². The number of nitrogens with zero attached hydrogens (tertiary/aromatic N) is 1. The average Bonchev–Trinajstić information content (AvgIpc) is 3.02. The van der Waals surface area contributed by atoms with Crippen molar-refractivity contribution in [1.29, 1.82) is 0 Å². The first kappa shape index (κ1) is 21.8. The summed E-state index contributed by atoms with van der Waals surface area (Å²) in [5.41, 5.74) is 1.56. The number of carbonyl (C=O) groups excluding carboxylic acids is 2. The molecule has 1 N–H and O–H groups in total. The molecule has 0 atom stereocenters. The Morgan fingerprint density at radius 1 is 1.33 bits per heavy atom. The molecule has 0 saturated heterocycles. The van der Waals surface area contributed by atoms with Crippen LogP contribution in [0.4, 0.5) is 5.69 Å². The van der Waals surface area contributed by atoms with Crippen LogP contribution in [0.5, 0.6) is 0 Å². The predicted molar refractivity (Wildman–Crippen MR) is 107 cm³/mol. The van der Waals surface area contributed by atoms with Crippen molar-refractivity contribution in [3.63, 3.8) is 0 Å². The van der Waals surface area contributed by atoms with Crippen LogP contribution in [0.25, 0.3) is 0 Å². The standard InChI is InChI=1S/C18H25BrN2O5S/c1-3-26-9-4-7-20-18(23)6-10-27(24,25)17-12-16-14(11-15(17)19)5-8-21(16)13(2)22/h11-12H,3-10H2,1-2H3,(H,20,23). The van der Waals surface area contributed by atoms with Crippen molar-refractivity contribution in [2.24, 2.45) is 0 Å². The summed E-state index contributed by atoms with van der Waals surface area (Å²) >= 11 is 3.32. The van der Waals surface area contributed by atoms with E-state index in [-0.39, 0.29) is 28.9 Å². The van der Waals surface area contributed by atoms with Gasteiger partial charge < -0.3 is 15.0 Å². The van der Waals surface area contributed by atoms with E-state index in [0.717, 1.165) is 5.56 Å². The predicted octanol–water partition coefficient (Wildman–Crippen LogP) is 2.06. The Bertz CT molecular complexity index is 810. The number of amides is 2. The van der Waals surface area contributed by atoms with Crippen molar-refractivity contribution < 1.29 is 22.7 Å². The SMILES string of the molecule is CCOCCCNC(=O)CCS(=O)(=O)c1cc2c(cc1Br)CCN2C(C)=O. The third kappa shape index (κ3) is 5.76. The molecule has 0 bridgehead atoms. The van der Waals surface area contributed by atoms with E-state index in [1.807, 2.05) is 6.92 Å². The van der Waals surface area contributed by atoms with Crippen LogP contribution in [0, 0.1) is 0 Å². The van der Waals surface area contributed by atoms with E-state index < -0.39 is 9.84 Å². The fraction of sp³-hybridized carbons (Fsp3) is 0.556. The molecule has 1 aromatic rings. The fourth-order valence-corrected chi connectivity index (χ4v) is 5.38. The molecule has 0 saturated carbocycles. The first-order chi connectivity index (χ1) is 12.8. The Balaban J connectivity index is 2.01. The number of halogens is 1. The van der Waals surface area contributed by atoms with E-state index in [4.69, 9.17) is 4.74 Å². The van der Waals surface area contributed by atoms with Gasteiger partial charge >= 0.3 is 0 Å². The monoisotopic (exact) mass is 460 g/mol. The number of hydrogen-bond acceptors (Lipinski definition) is 5. The summed E-state index contributed by atoms with van der Waals surface area (Å²) in [6.45, 7) is 5.55. The van der Waals surface area contributed by atoms with Crippen LogP contribution in [-0.2, 0) is 30.6 Å². The minimum absolute atomic E-state index is 0.110. The Kier molecular flexibility index (Phi) is 7.81. The number of carbonyl (C=O) groups is 2. The molecule has 150 valence electrons. The summed E-state index contributed by atoms with van der Waals surface area (Å²) in [6, 6.07) is 3.28. The Labute approximate surface area is 168 Å². The van der Waals surface area contributed by atoms with Crippen molar-refractivity contribution in [2.75, 3.05) is 37.0 Å². The molecule has 0 radical (unpaired) electrons. The Morgan fingerprint density at radius 3 is 2.74 bits per heavy atom. The molecule has 0 unspecified atom stereocenters. The molecular formula is C18H25BrN2O5S. The number of anilines is 1. The van der Waals surface area contributed by atoms with Gasteiger partial charge in [-0.05, 0) is 53.4 Å². The number of ether oxygens (including phenoxy) is 1. The Hall–Kier alpha value is -1.45. The van der Waals surface area contributed by atoms with Gasteiger partial charge in [0, 0.05) is 49.8 Å². The second-order valence-electron chi connectivity index (χ2n) is 6.30. The maximum atomic E-state index is 12.7. The third-order valence-corrected chi connectivity index (χ3v) is 7.00. The molecular weight excluding hydrogens is 436 g/mol. The topological polar surface area (TPSA) is 92.8 Å². The minimum atomic E-state index is -3.67. The zero-order valence-corrected chi connectivity index (χ0v) is 18.0. The van der Waals surface area contributed by atoms with E-state index in [9.17, 15) is 18.0 Å². The second-order valence-corrected chi connectivity index (χ2v) is 9.23. The van der Waals surface area contributed by atoms with Crippen molar-refractivity contribution in [2.45, 2.75) is 38.0 Å². The molecule has 7 nitrogen and oxygen atoms in total. The summed E-state index contributed by atoms with van der Waals surface area (Å²) in [4.78, 5) is 25.3. The van der Waals surface area contributed by atoms with E-state index in [0.29, 0.717) is 49.3 Å². The highest BCUT2D eigenvalue weighted by molar-refractivity contribution is 9.10. The first-order valence-corrected chi connectivity index (χ1v) is 11.4. The van der Waals surface area contributed by atoms with Gasteiger partial charge in [0.25, 0.3) is 0 Å². The molecule has 9 heteroatoms. The fourth-order valence-electron chi connectivity index (χ4n) is 2.93. The van der Waals surface area contributed by atoms with Crippen LogP contribution in [0.3, 0.4) is 0 Å². The minimum Gasteiger partial charge on any atom is -0.382 e. The van der Waals surface area contributed by atoms with Gasteiger partial charge in [0.05, 0.1) is 10.6 Å². The van der Waals surface area contributed by atoms with E-state index in [1.54, 1.807) is 11.0 Å². The van der Waals surface area contributed by atoms with Gasteiger partial charge in [0.2, 0.25) is 11.8 Å². The number of nitrogens with one attached hydrogen (secondary N) is 1. The molecule has 2 amide bonds. The van der Waals surface area contributed by atoms with Crippen LogP contribution in [0.1, 0.15) is 32.3 Å². The molecule has 0 fully saturated rings. The molecule has 0 aliphatic carbocycles. The number of fused-ring (bicyclic) bond motifs is 1. The quantitative estimate of drug-likeness (QED) is 0.569. The lowest BCUT2D eigenvalue weighted by molar-refractivity contribution is -0.120. The van der Waals surface area contributed by atoms with Gasteiger partial charge in [0.1, 0.15) is 0 Å². The highest BCUT2D eigenvalue weighted by Gasteiger charge is 2.27. The van der Waals surface area contributed by atoms with Crippen LogP contribution < -0.4 is 10.2 Å². The maximum Gasteiger partial charge on any atom is 0.223 e. The third-order valence-electron chi connectivity index (χ3n) is 4.33. The normalized spacial score (nSPS) is 13.5. The molecule has 0 aromatic heterocycles. The molecule has 2 rings (SSSR count). The lowest BCUT2D eigenvalue weighted by Crippen LogP contribution is -2.27. The van der Waals surface area contributed by atoms with Crippen LogP contribution in [0.15, 0.2) is 21.5 Å². The highest BCUT2D eigenvalue weighted by Crippen LogP contribution is 2.35. The van der Waals surface area contributed by atoms with Gasteiger partial charge in [-0.3, -0.25) is 9.59 Å². The Morgan fingerprint density at radius 2 is 2.07 bits per heavy atom. The van der Waals surface area contributed by atoms with Crippen LogP contribution >= 0.6 is 15.9 Å². The maximum absolute atomic E-state index is 12.7. The van der Waals surface area contributed by atoms with Crippen LogP contribution in [-0.4, -0.2) is 52.3 Å². The molecule has 0 spiro atoms. The zero-order chi connectivity index (χ0) is 20.0. The summed E-state index contributed by atoms with van der Waals surface area (Å²) < 4.78 is 31.1. The summed E-state index contributed by atoms with van der Waals surface area (Å²) in [5.74, 6) is -0.717. The van der Waals surface area contributed by atoms with Crippen molar-refractivity contribution >= 4 is 43.3 Å². The van der Waals surface area contributed by atoms with E-state index in [1.165, 1.54) is 13.0 Å². The molecule has 1 aromatic carbocycles. The summed E-state index contributed by atoms with van der Waals surface area (Å²) in [7, 11) is -3.67. The van der Waals surface area contributed by atoms with Crippen molar-refractivity contribution in [3.8, 4) is 0 Å². The van der Waals surface area contributed by atoms with Crippen molar-refractivity contribution in [1.82, 2.24) is 5.32 Å². The van der Waals surface area contributed by atoms with Gasteiger partial charge in [-0.1, -0.05) is 0 Å². The largest absolute Gasteiger partial charge is 0.382 e. The molecule has 1 aliphatic heterocycles. The second kappa shape index (κ2) is 9.66. The molecule has 1 aliphatic rings. The number of hydrogen-bond donors (Lipinski definition) is 1. The van der Waals surface area contributed by atoms with Gasteiger partial charge in [-0.2, -0.15) is 0 Å². The lowest BCUT2D eigenvalue weighted by Gasteiger charge is -2.16.